The monoisotopic (exact) mass is 513 g/mol. The third-order valence-corrected chi connectivity index (χ3v) is 6.08. The second-order valence-corrected chi connectivity index (χ2v) is 9.15. The van der Waals surface area contributed by atoms with Crippen LogP contribution in [0.1, 0.15) is 38.8 Å². The summed E-state index contributed by atoms with van der Waals surface area (Å²) in [6.07, 6.45) is 4.98. The molecule has 0 saturated carbocycles. The van der Waals surface area contributed by atoms with E-state index in [0.717, 1.165) is 0 Å². The van der Waals surface area contributed by atoms with Crippen molar-refractivity contribution in [2.75, 3.05) is 12.0 Å². The number of carbonyl (C=O) groups is 5. The molecular weight excluding hydrogens is 478 g/mol. The Balaban J connectivity index is 3.06. The molecule has 0 aliphatic carbocycles. The minimum absolute atomic E-state index is 0.0456. The van der Waals surface area contributed by atoms with Crippen LogP contribution in [-0.2, 0) is 30.4 Å². The lowest BCUT2D eigenvalue weighted by Crippen LogP contribution is -2.58. The minimum atomic E-state index is -1.57. The van der Waals surface area contributed by atoms with Crippen molar-refractivity contribution in [3.63, 3.8) is 0 Å². The summed E-state index contributed by atoms with van der Waals surface area (Å²) in [6, 6.07) is -4.57. The van der Waals surface area contributed by atoms with Gasteiger partial charge >= 0.3 is 5.97 Å². The van der Waals surface area contributed by atoms with E-state index in [-0.39, 0.29) is 18.8 Å². The first-order chi connectivity index (χ1) is 16.5. The molecular formula is C21H35N7O6S. The van der Waals surface area contributed by atoms with Crippen molar-refractivity contribution in [3.05, 3.63) is 18.2 Å². The van der Waals surface area contributed by atoms with Gasteiger partial charge in [0.05, 0.1) is 18.8 Å². The number of aliphatic carboxylic acids is 1. The number of aromatic amines is 1. The van der Waals surface area contributed by atoms with Gasteiger partial charge in [-0.15, -0.1) is 0 Å². The van der Waals surface area contributed by atoms with Gasteiger partial charge in [-0.2, -0.15) is 11.8 Å². The summed E-state index contributed by atoms with van der Waals surface area (Å²) in [5, 5.41) is 16.8. The molecule has 0 aromatic carbocycles. The van der Waals surface area contributed by atoms with Gasteiger partial charge in [-0.3, -0.25) is 19.2 Å². The minimum Gasteiger partial charge on any atom is -0.480 e. The third-order valence-electron chi connectivity index (χ3n) is 5.44. The number of carboxylic acid groups (broad SMARTS) is 1. The summed E-state index contributed by atoms with van der Waals surface area (Å²) >= 11 is 1.48. The van der Waals surface area contributed by atoms with Gasteiger partial charge in [-0.25, -0.2) is 9.78 Å². The molecule has 13 nitrogen and oxygen atoms in total. The number of thioether (sulfide) groups is 1. The molecule has 14 heteroatoms. The molecule has 0 saturated heterocycles. The molecule has 1 aromatic heterocycles. The summed E-state index contributed by atoms with van der Waals surface area (Å²) in [4.78, 5) is 67.9. The normalized spacial score (nSPS) is 15.2. The number of aromatic nitrogens is 2. The predicted molar refractivity (Wildman–Crippen MR) is 130 cm³/mol. The predicted octanol–water partition coefficient (Wildman–Crippen LogP) is -1.51. The van der Waals surface area contributed by atoms with Crippen molar-refractivity contribution in [1.82, 2.24) is 25.9 Å². The fraction of sp³-hybridized carbons (Fsp3) is 0.619. The lowest BCUT2D eigenvalue weighted by Gasteiger charge is -2.26. The van der Waals surface area contributed by atoms with Crippen LogP contribution < -0.4 is 27.4 Å². The van der Waals surface area contributed by atoms with Crippen LogP contribution in [-0.4, -0.2) is 80.8 Å². The van der Waals surface area contributed by atoms with E-state index in [2.05, 4.69) is 25.9 Å². The standard InChI is InChI=1S/C21H35N7O6S/c1-4-11(2)17(23)20(32)26-13(5-6-35-3)18(30)27-14(7-12-9-24-10-25-12)19(31)28-15(21(33)34)8-16(22)29/h9-11,13-15,17H,4-8,23H2,1-3H3,(H2,22,29)(H,24,25)(H,26,32)(H,27,30)(H,28,31)(H,33,34). The molecule has 1 aromatic rings. The van der Waals surface area contributed by atoms with Crippen LogP contribution in [0.5, 0.6) is 0 Å². The van der Waals surface area contributed by atoms with E-state index in [4.69, 9.17) is 11.5 Å². The van der Waals surface area contributed by atoms with Crippen LogP contribution in [0.2, 0.25) is 0 Å². The molecule has 0 fully saturated rings. The Kier molecular flexibility index (Phi) is 12.8. The van der Waals surface area contributed by atoms with E-state index in [9.17, 15) is 29.1 Å². The highest BCUT2D eigenvalue weighted by molar-refractivity contribution is 7.98. The zero-order valence-electron chi connectivity index (χ0n) is 20.1. The fourth-order valence-electron chi connectivity index (χ4n) is 3.06. The highest BCUT2D eigenvalue weighted by Crippen LogP contribution is 2.08. The fourth-order valence-corrected chi connectivity index (χ4v) is 3.53. The third kappa shape index (κ3) is 10.3. The Morgan fingerprint density at radius 3 is 2.20 bits per heavy atom. The van der Waals surface area contributed by atoms with Crippen molar-refractivity contribution in [1.29, 1.82) is 0 Å². The van der Waals surface area contributed by atoms with Crippen LogP contribution in [0, 0.1) is 5.92 Å². The highest BCUT2D eigenvalue weighted by atomic mass is 32.2. The van der Waals surface area contributed by atoms with Gasteiger partial charge in [0.15, 0.2) is 0 Å². The van der Waals surface area contributed by atoms with Gasteiger partial charge in [0.1, 0.15) is 18.1 Å². The number of amides is 4. The molecule has 1 heterocycles. The quantitative estimate of drug-likeness (QED) is 0.136. The molecule has 4 amide bonds. The first-order valence-electron chi connectivity index (χ1n) is 11.1. The maximum Gasteiger partial charge on any atom is 0.326 e. The lowest BCUT2D eigenvalue weighted by atomic mass is 9.99. The summed E-state index contributed by atoms with van der Waals surface area (Å²) in [6.45, 7) is 3.73. The number of carboxylic acids is 1. The van der Waals surface area contributed by atoms with E-state index in [1.807, 2.05) is 20.1 Å². The molecule has 5 atom stereocenters. The van der Waals surface area contributed by atoms with Gasteiger partial charge in [-0.05, 0) is 24.3 Å². The Morgan fingerprint density at radius 2 is 1.69 bits per heavy atom. The average molecular weight is 514 g/mol. The second kappa shape index (κ2) is 15.0. The number of nitrogens with two attached hydrogens (primary N) is 2. The molecule has 0 bridgehead atoms. The smallest absolute Gasteiger partial charge is 0.326 e. The summed E-state index contributed by atoms with van der Waals surface area (Å²) in [5.74, 6) is -3.87. The number of nitrogens with one attached hydrogen (secondary N) is 4. The topological polar surface area (TPSA) is 222 Å². The summed E-state index contributed by atoms with van der Waals surface area (Å²) < 4.78 is 0. The number of primary amides is 1. The summed E-state index contributed by atoms with van der Waals surface area (Å²) in [7, 11) is 0. The van der Waals surface area contributed by atoms with E-state index in [1.54, 1.807) is 0 Å². The average Bonchev–Trinajstić information content (AvgIpc) is 3.32. The van der Waals surface area contributed by atoms with Crippen molar-refractivity contribution >= 4 is 41.4 Å². The largest absolute Gasteiger partial charge is 0.480 e. The lowest BCUT2D eigenvalue weighted by molar-refractivity contribution is -0.143. The molecule has 0 radical (unpaired) electrons. The number of H-pyrrole nitrogens is 1. The van der Waals surface area contributed by atoms with E-state index >= 15 is 0 Å². The van der Waals surface area contributed by atoms with Gasteiger partial charge in [0, 0.05) is 18.3 Å². The Hall–Kier alpha value is -3.13. The number of imidazole rings is 1. The van der Waals surface area contributed by atoms with Crippen LogP contribution in [0.15, 0.2) is 12.5 Å². The first kappa shape index (κ1) is 29.9. The van der Waals surface area contributed by atoms with Crippen LogP contribution in [0.3, 0.4) is 0 Å². The Morgan fingerprint density at radius 1 is 1.09 bits per heavy atom. The Labute approximate surface area is 207 Å². The van der Waals surface area contributed by atoms with E-state index in [1.165, 1.54) is 24.3 Å². The van der Waals surface area contributed by atoms with Crippen molar-refractivity contribution in [2.45, 2.75) is 63.7 Å². The molecule has 0 aliphatic rings. The van der Waals surface area contributed by atoms with E-state index in [0.29, 0.717) is 17.9 Å². The molecule has 0 spiro atoms. The van der Waals surface area contributed by atoms with Gasteiger partial charge in [0.2, 0.25) is 23.6 Å². The van der Waals surface area contributed by atoms with E-state index < -0.39 is 60.2 Å². The molecule has 196 valence electrons. The van der Waals surface area contributed by atoms with Gasteiger partial charge < -0.3 is 37.5 Å². The molecule has 9 N–H and O–H groups in total. The SMILES string of the molecule is CCC(C)C(N)C(=O)NC(CCSC)C(=O)NC(Cc1cnc[nH]1)C(=O)NC(CC(N)=O)C(=O)O. The number of carbonyl (C=O) groups excluding carboxylic acids is 4. The molecule has 5 unspecified atom stereocenters. The van der Waals surface area contributed by atoms with Crippen molar-refractivity contribution in [2.24, 2.45) is 17.4 Å². The van der Waals surface area contributed by atoms with Crippen molar-refractivity contribution in [3.8, 4) is 0 Å². The number of hydrogen-bond acceptors (Lipinski definition) is 8. The Bertz CT molecular complexity index is 866. The first-order valence-corrected chi connectivity index (χ1v) is 12.5. The number of nitrogens with zero attached hydrogens (tertiary/aromatic N) is 1. The van der Waals surface area contributed by atoms with Gasteiger partial charge in [-0.1, -0.05) is 20.3 Å². The van der Waals surface area contributed by atoms with Crippen LogP contribution in [0.4, 0.5) is 0 Å². The molecule has 35 heavy (non-hydrogen) atoms. The highest BCUT2D eigenvalue weighted by Gasteiger charge is 2.31. The maximum absolute atomic E-state index is 13.1. The number of rotatable bonds is 16. The molecule has 1 rings (SSSR count). The van der Waals surface area contributed by atoms with Crippen molar-refractivity contribution < 1.29 is 29.1 Å². The summed E-state index contributed by atoms with van der Waals surface area (Å²) in [5.41, 5.74) is 11.6. The van der Waals surface area contributed by atoms with Crippen LogP contribution in [0.25, 0.3) is 0 Å². The van der Waals surface area contributed by atoms with Gasteiger partial charge in [0.25, 0.3) is 0 Å². The second-order valence-electron chi connectivity index (χ2n) is 8.17. The number of hydrogen-bond donors (Lipinski definition) is 7. The van der Waals surface area contributed by atoms with Crippen LogP contribution >= 0.6 is 11.8 Å². The molecule has 0 aliphatic heterocycles. The maximum atomic E-state index is 13.1. The zero-order valence-corrected chi connectivity index (χ0v) is 20.9. The zero-order chi connectivity index (χ0) is 26.5.